The molecular formula is C19H24N4O3. The zero-order chi connectivity index (χ0) is 18.3. The quantitative estimate of drug-likeness (QED) is 0.823. The molecule has 4 heterocycles. The van der Waals surface area contributed by atoms with E-state index in [9.17, 15) is 4.79 Å². The number of carbonyl (C=O) groups excluding carboxylic acids is 1. The third-order valence-corrected chi connectivity index (χ3v) is 5.35. The van der Waals surface area contributed by atoms with Gasteiger partial charge in [-0.15, -0.1) is 0 Å². The van der Waals surface area contributed by atoms with E-state index in [1.54, 1.807) is 0 Å². The van der Waals surface area contributed by atoms with Crippen molar-refractivity contribution < 1.29 is 13.9 Å². The Morgan fingerprint density at radius 1 is 1.27 bits per heavy atom. The van der Waals surface area contributed by atoms with Gasteiger partial charge < -0.3 is 14.1 Å². The standard InChI is InChI=1S/C19H24N4O3/c1-12(2)16-15(21-11-25-16)18(24)23-7-5-19(6-8-23)17-14(4-9-26-19)10-20-13(3)22-17/h10-12H,4-9H2,1-3H3. The fourth-order valence-electron chi connectivity index (χ4n) is 3.92. The first-order valence-corrected chi connectivity index (χ1v) is 9.20. The summed E-state index contributed by atoms with van der Waals surface area (Å²) in [5.74, 6) is 1.47. The molecule has 0 bridgehead atoms. The summed E-state index contributed by atoms with van der Waals surface area (Å²) < 4.78 is 11.6. The Kier molecular flexibility index (Phi) is 4.26. The smallest absolute Gasteiger partial charge is 0.276 e. The monoisotopic (exact) mass is 356 g/mol. The first kappa shape index (κ1) is 17.1. The number of oxazole rings is 1. The summed E-state index contributed by atoms with van der Waals surface area (Å²) in [5, 5.41) is 0. The van der Waals surface area contributed by atoms with Crippen LogP contribution < -0.4 is 0 Å². The zero-order valence-corrected chi connectivity index (χ0v) is 15.5. The van der Waals surface area contributed by atoms with Crippen LogP contribution in [0.25, 0.3) is 0 Å². The average Bonchev–Trinajstić information content (AvgIpc) is 3.13. The second-order valence-electron chi connectivity index (χ2n) is 7.40. The summed E-state index contributed by atoms with van der Waals surface area (Å²) in [6, 6.07) is 0. The maximum absolute atomic E-state index is 12.9. The van der Waals surface area contributed by atoms with Crippen LogP contribution in [0, 0.1) is 6.92 Å². The summed E-state index contributed by atoms with van der Waals surface area (Å²) in [5.41, 5.74) is 2.20. The maximum Gasteiger partial charge on any atom is 0.276 e. The lowest BCUT2D eigenvalue weighted by Gasteiger charge is -2.43. The van der Waals surface area contributed by atoms with Crippen molar-refractivity contribution in [3.05, 3.63) is 41.1 Å². The molecule has 2 aromatic heterocycles. The van der Waals surface area contributed by atoms with Crippen LogP contribution in [0.4, 0.5) is 0 Å². The molecule has 0 saturated carbocycles. The van der Waals surface area contributed by atoms with E-state index in [2.05, 4.69) is 15.0 Å². The number of nitrogens with zero attached hydrogens (tertiary/aromatic N) is 4. The number of aromatic nitrogens is 3. The van der Waals surface area contributed by atoms with Crippen LogP contribution in [0.3, 0.4) is 0 Å². The van der Waals surface area contributed by atoms with Crippen LogP contribution >= 0.6 is 0 Å². The van der Waals surface area contributed by atoms with Gasteiger partial charge in [0.1, 0.15) is 17.2 Å². The average molecular weight is 356 g/mol. The minimum Gasteiger partial charge on any atom is -0.447 e. The lowest BCUT2D eigenvalue weighted by atomic mass is 9.83. The number of piperidine rings is 1. The van der Waals surface area contributed by atoms with E-state index in [1.807, 2.05) is 31.9 Å². The Bertz CT molecular complexity index is 822. The van der Waals surface area contributed by atoms with Crippen molar-refractivity contribution in [3.63, 3.8) is 0 Å². The first-order valence-electron chi connectivity index (χ1n) is 9.20. The van der Waals surface area contributed by atoms with E-state index < -0.39 is 5.60 Å². The number of amides is 1. The summed E-state index contributed by atoms with van der Waals surface area (Å²) in [7, 11) is 0. The van der Waals surface area contributed by atoms with Gasteiger partial charge in [0.05, 0.1) is 12.3 Å². The van der Waals surface area contributed by atoms with Crippen molar-refractivity contribution in [2.24, 2.45) is 0 Å². The van der Waals surface area contributed by atoms with Crippen molar-refractivity contribution in [1.82, 2.24) is 19.9 Å². The highest BCUT2D eigenvalue weighted by Crippen LogP contribution is 2.40. The second kappa shape index (κ2) is 6.46. The Labute approximate surface area is 152 Å². The summed E-state index contributed by atoms with van der Waals surface area (Å²) >= 11 is 0. The van der Waals surface area contributed by atoms with Gasteiger partial charge in [-0.3, -0.25) is 4.79 Å². The van der Waals surface area contributed by atoms with Gasteiger partial charge in [0, 0.05) is 25.2 Å². The molecule has 0 unspecified atom stereocenters. The number of likely N-dealkylation sites (tertiary alicyclic amines) is 1. The van der Waals surface area contributed by atoms with Gasteiger partial charge in [-0.25, -0.2) is 15.0 Å². The van der Waals surface area contributed by atoms with Crippen molar-refractivity contribution >= 4 is 5.91 Å². The Morgan fingerprint density at radius 2 is 2.04 bits per heavy atom. The number of aryl methyl sites for hydroxylation is 1. The van der Waals surface area contributed by atoms with E-state index >= 15 is 0 Å². The van der Waals surface area contributed by atoms with Gasteiger partial charge in [0.2, 0.25) is 0 Å². The minimum atomic E-state index is -0.400. The number of hydrogen-bond donors (Lipinski definition) is 0. The number of rotatable bonds is 2. The second-order valence-corrected chi connectivity index (χ2v) is 7.40. The van der Waals surface area contributed by atoms with Gasteiger partial charge in [-0.05, 0) is 31.7 Å². The molecule has 0 aliphatic carbocycles. The highest BCUT2D eigenvalue weighted by atomic mass is 16.5. The molecule has 2 aliphatic heterocycles. The van der Waals surface area contributed by atoms with Crippen LogP contribution in [-0.2, 0) is 16.8 Å². The van der Waals surface area contributed by atoms with Crippen molar-refractivity contribution in [3.8, 4) is 0 Å². The number of hydrogen-bond acceptors (Lipinski definition) is 6. The number of ether oxygens (including phenoxy) is 1. The molecule has 0 atom stereocenters. The molecule has 1 spiro atoms. The molecule has 0 radical (unpaired) electrons. The highest BCUT2D eigenvalue weighted by Gasteiger charge is 2.43. The van der Waals surface area contributed by atoms with E-state index in [1.165, 1.54) is 12.0 Å². The predicted octanol–water partition coefficient (Wildman–Crippen LogP) is 2.60. The van der Waals surface area contributed by atoms with Crippen LogP contribution in [0.15, 0.2) is 17.0 Å². The fraction of sp³-hybridized carbons (Fsp3) is 0.579. The molecule has 1 fully saturated rings. The van der Waals surface area contributed by atoms with Gasteiger partial charge >= 0.3 is 0 Å². The molecule has 1 saturated heterocycles. The molecule has 7 heteroatoms. The Hall–Kier alpha value is -2.28. The molecule has 138 valence electrons. The molecule has 26 heavy (non-hydrogen) atoms. The topological polar surface area (TPSA) is 81.4 Å². The van der Waals surface area contributed by atoms with Crippen molar-refractivity contribution in [2.75, 3.05) is 19.7 Å². The van der Waals surface area contributed by atoms with Crippen molar-refractivity contribution in [2.45, 2.75) is 51.6 Å². The lowest BCUT2D eigenvalue weighted by molar-refractivity contribution is -0.0969. The molecule has 2 aliphatic rings. The molecular weight excluding hydrogens is 332 g/mol. The maximum atomic E-state index is 12.9. The van der Waals surface area contributed by atoms with E-state index in [0.717, 1.165) is 30.8 Å². The Balaban J connectivity index is 1.54. The Morgan fingerprint density at radius 3 is 2.77 bits per heavy atom. The molecule has 4 rings (SSSR count). The largest absolute Gasteiger partial charge is 0.447 e. The van der Waals surface area contributed by atoms with Crippen molar-refractivity contribution in [1.29, 1.82) is 0 Å². The summed E-state index contributed by atoms with van der Waals surface area (Å²) in [4.78, 5) is 27.9. The lowest BCUT2D eigenvalue weighted by Crippen LogP contribution is -2.49. The molecule has 0 N–H and O–H groups in total. The van der Waals surface area contributed by atoms with Gasteiger partial charge in [-0.1, -0.05) is 13.8 Å². The minimum absolute atomic E-state index is 0.0628. The van der Waals surface area contributed by atoms with Gasteiger partial charge in [-0.2, -0.15) is 0 Å². The third kappa shape index (κ3) is 2.80. The molecule has 1 amide bonds. The fourth-order valence-corrected chi connectivity index (χ4v) is 3.92. The van der Waals surface area contributed by atoms with Crippen LogP contribution in [0.1, 0.15) is 65.9 Å². The zero-order valence-electron chi connectivity index (χ0n) is 15.5. The summed E-state index contributed by atoms with van der Waals surface area (Å²) in [6.45, 7) is 7.81. The molecule has 2 aromatic rings. The van der Waals surface area contributed by atoms with Gasteiger partial charge in [0.25, 0.3) is 5.91 Å². The van der Waals surface area contributed by atoms with Crippen LogP contribution in [0.5, 0.6) is 0 Å². The van der Waals surface area contributed by atoms with Crippen LogP contribution in [0.2, 0.25) is 0 Å². The van der Waals surface area contributed by atoms with Crippen LogP contribution in [-0.4, -0.2) is 45.5 Å². The van der Waals surface area contributed by atoms with E-state index in [4.69, 9.17) is 9.15 Å². The number of fused-ring (bicyclic) bond motifs is 2. The SMILES string of the molecule is Cc1ncc2c(n1)C1(CCN(C(=O)c3ncoc3C(C)C)CC1)OCC2. The predicted molar refractivity (Wildman–Crippen MR) is 93.8 cm³/mol. The first-order chi connectivity index (χ1) is 12.5. The molecule has 7 nitrogen and oxygen atoms in total. The van der Waals surface area contributed by atoms with Gasteiger partial charge in [0.15, 0.2) is 12.1 Å². The number of carbonyl (C=O) groups is 1. The van der Waals surface area contributed by atoms with E-state index in [0.29, 0.717) is 31.2 Å². The third-order valence-electron chi connectivity index (χ3n) is 5.35. The normalized spacial score (nSPS) is 19.0. The molecule has 0 aromatic carbocycles. The highest BCUT2D eigenvalue weighted by molar-refractivity contribution is 5.93. The summed E-state index contributed by atoms with van der Waals surface area (Å²) in [6.07, 6.45) is 5.59. The van der Waals surface area contributed by atoms with E-state index in [-0.39, 0.29) is 11.8 Å².